The van der Waals surface area contributed by atoms with Crippen LogP contribution >= 0.6 is 0 Å². The van der Waals surface area contributed by atoms with Gasteiger partial charge in [0.05, 0.1) is 0 Å². The van der Waals surface area contributed by atoms with Crippen LogP contribution in [0.3, 0.4) is 0 Å². The van der Waals surface area contributed by atoms with Gasteiger partial charge in [0.25, 0.3) is 0 Å². The fourth-order valence-corrected chi connectivity index (χ4v) is 3.17. The fourth-order valence-electron chi connectivity index (χ4n) is 3.17. The number of aliphatic hydroxyl groups excluding tert-OH is 1. The summed E-state index contributed by atoms with van der Waals surface area (Å²) >= 11 is 0. The predicted molar refractivity (Wildman–Crippen MR) is 88.3 cm³/mol. The summed E-state index contributed by atoms with van der Waals surface area (Å²) in [6.45, 7) is 11.3. The SMILES string of the molecule is CCC(CC)(CO)CN1CCN(Cc2ccccc2)CC1. The highest BCUT2D eigenvalue weighted by molar-refractivity contribution is 5.14. The lowest BCUT2D eigenvalue weighted by atomic mass is 9.82. The van der Waals surface area contributed by atoms with Crippen molar-refractivity contribution in [2.45, 2.75) is 33.2 Å². The van der Waals surface area contributed by atoms with Gasteiger partial charge in [0.15, 0.2) is 0 Å². The molecule has 3 heteroatoms. The molecule has 0 saturated carbocycles. The van der Waals surface area contributed by atoms with Gasteiger partial charge >= 0.3 is 0 Å². The highest BCUT2D eigenvalue weighted by atomic mass is 16.3. The third-order valence-corrected chi connectivity index (χ3v) is 5.11. The summed E-state index contributed by atoms with van der Waals surface area (Å²) in [6, 6.07) is 10.7. The number of benzene rings is 1. The van der Waals surface area contributed by atoms with Crippen molar-refractivity contribution in [3.63, 3.8) is 0 Å². The lowest BCUT2D eigenvalue weighted by Crippen LogP contribution is -2.50. The Balaban J connectivity index is 1.80. The smallest absolute Gasteiger partial charge is 0.0499 e. The number of piperazine rings is 1. The fraction of sp³-hybridized carbons (Fsp3) is 0.667. The van der Waals surface area contributed by atoms with E-state index in [9.17, 15) is 5.11 Å². The van der Waals surface area contributed by atoms with E-state index in [0.717, 1.165) is 52.1 Å². The summed E-state index contributed by atoms with van der Waals surface area (Å²) in [7, 11) is 0. The number of nitrogens with zero attached hydrogens (tertiary/aromatic N) is 2. The van der Waals surface area contributed by atoms with Crippen LogP contribution in [0.2, 0.25) is 0 Å². The molecule has 1 aromatic carbocycles. The Labute approximate surface area is 129 Å². The molecule has 0 atom stereocenters. The van der Waals surface area contributed by atoms with Crippen LogP contribution in [0.15, 0.2) is 30.3 Å². The molecule has 21 heavy (non-hydrogen) atoms. The van der Waals surface area contributed by atoms with Gasteiger partial charge in [0.2, 0.25) is 0 Å². The minimum absolute atomic E-state index is 0.0988. The minimum Gasteiger partial charge on any atom is -0.396 e. The van der Waals surface area contributed by atoms with E-state index in [0.29, 0.717) is 6.61 Å². The molecule has 3 nitrogen and oxygen atoms in total. The Morgan fingerprint density at radius 2 is 1.52 bits per heavy atom. The van der Waals surface area contributed by atoms with Crippen molar-refractivity contribution in [3.8, 4) is 0 Å². The molecule has 1 heterocycles. The highest BCUT2D eigenvalue weighted by Crippen LogP contribution is 2.27. The van der Waals surface area contributed by atoms with Gasteiger partial charge in [-0.15, -0.1) is 0 Å². The Hall–Kier alpha value is -0.900. The average Bonchev–Trinajstić information content (AvgIpc) is 2.55. The molecule has 0 spiro atoms. The molecule has 0 unspecified atom stereocenters. The zero-order chi connectivity index (χ0) is 15.1. The third kappa shape index (κ3) is 4.53. The molecule has 0 aromatic heterocycles. The maximum Gasteiger partial charge on any atom is 0.0499 e. The Kier molecular flexibility index (Phi) is 6.22. The van der Waals surface area contributed by atoms with Crippen LogP contribution in [-0.4, -0.2) is 54.2 Å². The van der Waals surface area contributed by atoms with Crippen molar-refractivity contribution in [1.82, 2.24) is 9.80 Å². The summed E-state index contributed by atoms with van der Waals surface area (Å²) in [5, 5.41) is 9.72. The molecule has 1 aromatic rings. The summed E-state index contributed by atoms with van der Waals surface area (Å²) in [5.74, 6) is 0. The summed E-state index contributed by atoms with van der Waals surface area (Å²) < 4.78 is 0. The van der Waals surface area contributed by atoms with E-state index in [-0.39, 0.29) is 5.41 Å². The molecule has 1 aliphatic rings. The minimum atomic E-state index is 0.0988. The van der Waals surface area contributed by atoms with E-state index >= 15 is 0 Å². The second kappa shape index (κ2) is 7.92. The van der Waals surface area contributed by atoms with Crippen molar-refractivity contribution < 1.29 is 5.11 Å². The summed E-state index contributed by atoms with van der Waals surface area (Å²) in [4.78, 5) is 5.06. The second-order valence-electron chi connectivity index (χ2n) is 6.40. The van der Waals surface area contributed by atoms with Crippen LogP contribution in [0.1, 0.15) is 32.3 Å². The van der Waals surface area contributed by atoms with Gasteiger partial charge in [-0.2, -0.15) is 0 Å². The van der Waals surface area contributed by atoms with E-state index in [1.807, 2.05) is 0 Å². The molecule has 1 N–H and O–H groups in total. The molecule has 1 fully saturated rings. The van der Waals surface area contributed by atoms with Crippen molar-refractivity contribution in [1.29, 1.82) is 0 Å². The molecule has 0 amide bonds. The second-order valence-corrected chi connectivity index (χ2v) is 6.40. The molecular formula is C18H30N2O. The number of hydrogen-bond donors (Lipinski definition) is 1. The molecular weight excluding hydrogens is 260 g/mol. The first kappa shape index (κ1) is 16.5. The van der Waals surface area contributed by atoms with Gasteiger partial charge in [-0.25, -0.2) is 0 Å². The monoisotopic (exact) mass is 290 g/mol. The van der Waals surface area contributed by atoms with Crippen LogP contribution in [0.4, 0.5) is 0 Å². The van der Waals surface area contributed by atoms with Gasteiger partial charge in [0.1, 0.15) is 0 Å². The third-order valence-electron chi connectivity index (χ3n) is 5.11. The Bertz CT molecular complexity index is 387. The van der Waals surface area contributed by atoms with E-state index in [2.05, 4.69) is 54.0 Å². The Morgan fingerprint density at radius 3 is 2.05 bits per heavy atom. The van der Waals surface area contributed by atoms with Gasteiger partial charge in [-0.3, -0.25) is 4.90 Å². The van der Waals surface area contributed by atoms with Crippen LogP contribution in [0.25, 0.3) is 0 Å². The van der Waals surface area contributed by atoms with E-state index in [4.69, 9.17) is 0 Å². The van der Waals surface area contributed by atoms with Gasteiger partial charge in [-0.05, 0) is 18.4 Å². The lowest BCUT2D eigenvalue weighted by Gasteiger charge is -2.40. The van der Waals surface area contributed by atoms with E-state index in [1.165, 1.54) is 5.56 Å². The van der Waals surface area contributed by atoms with Crippen LogP contribution < -0.4 is 0 Å². The van der Waals surface area contributed by atoms with Gasteiger partial charge in [-0.1, -0.05) is 44.2 Å². The predicted octanol–water partition coefficient (Wildman–Crippen LogP) is 2.60. The van der Waals surface area contributed by atoms with Crippen molar-refractivity contribution in [2.75, 3.05) is 39.3 Å². The molecule has 2 rings (SSSR count). The number of aliphatic hydroxyl groups is 1. The van der Waals surface area contributed by atoms with Crippen LogP contribution in [0.5, 0.6) is 0 Å². The van der Waals surface area contributed by atoms with Crippen molar-refractivity contribution >= 4 is 0 Å². The zero-order valence-electron chi connectivity index (χ0n) is 13.6. The topological polar surface area (TPSA) is 26.7 Å². The molecule has 0 radical (unpaired) electrons. The summed E-state index contributed by atoms with van der Waals surface area (Å²) in [6.07, 6.45) is 2.12. The van der Waals surface area contributed by atoms with Crippen LogP contribution in [0, 0.1) is 5.41 Å². The quantitative estimate of drug-likeness (QED) is 0.836. The molecule has 1 saturated heterocycles. The maximum atomic E-state index is 9.72. The lowest BCUT2D eigenvalue weighted by molar-refractivity contribution is 0.0391. The van der Waals surface area contributed by atoms with E-state index < -0.39 is 0 Å². The van der Waals surface area contributed by atoms with Gasteiger partial charge < -0.3 is 10.0 Å². The standard InChI is InChI=1S/C18H30N2O/c1-3-18(4-2,16-21)15-20-12-10-19(11-13-20)14-17-8-6-5-7-9-17/h5-9,21H,3-4,10-16H2,1-2H3. The maximum absolute atomic E-state index is 9.72. The summed E-state index contributed by atoms with van der Waals surface area (Å²) in [5.41, 5.74) is 1.50. The van der Waals surface area contributed by atoms with Crippen LogP contribution in [-0.2, 0) is 6.54 Å². The average molecular weight is 290 g/mol. The van der Waals surface area contributed by atoms with Crippen molar-refractivity contribution in [2.24, 2.45) is 5.41 Å². The Morgan fingerprint density at radius 1 is 0.952 bits per heavy atom. The number of rotatable bonds is 7. The van der Waals surface area contributed by atoms with Crippen molar-refractivity contribution in [3.05, 3.63) is 35.9 Å². The van der Waals surface area contributed by atoms with E-state index in [1.54, 1.807) is 0 Å². The largest absolute Gasteiger partial charge is 0.396 e. The first-order valence-corrected chi connectivity index (χ1v) is 8.31. The zero-order valence-corrected chi connectivity index (χ0v) is 13.6. The number of hydrogen-bond acceptors (Lipinski definition) is 3. The first-order chi connectivity index (χ1) is 10.2. The molecule has 0 bridgehead atoms. The molecule has 118 valence electrons. The molecule has 1 aliphatic heterocycles. The van der Waals surface area contributed by atoms with Gasteiger partial charge in [0, 0.05) is 51.3 Å². The first-order valence-electron chi connectivity index (χ1n) is 8.31. The normalized spacial score (nSPS) is 18.0. The highest BCUT2D eigenvalue weighted by Gasteiger charge is 2.29. The molecule has 0 aliphatic carbocycles.